The fourth-order valence-electron chi connectivity index (χ4n) is 2.15. The van der Waals surface area contributed by atoms with E-state index < -0.39 is 5.91 Å². The first-order valence-corrected chi connectivity index (χ1v) is 9.16. The Morgan fingerprint density at radius 1 is 1.11 bits per heavy atom. The zero-order valence-corrected chi connectivity index (χ0v) is 16.7. The lowest BCUT2D eigenvalue weighted by atomic mass is 10.2. The molecule has 1 amide bonds. The summed E-state index contributed by atoms with van der Waals surface area (Å²) in [4.78, 5) is 11.9. The number of phenolic OH excluding ortho intramolecular Hbond substituents is 1. The number of benzene rings is 2. The zero-order valence-electron chi connectivity index (χ0n) is 15.1. The summed E-state index contributed by atoms with van der Waals surface area (Å²) in [7, 11) is 0. The molecule has 27 heavy (non-hydrogen) atoms. The van der Waals surface area contributed by atoms with Crippen molar-refractivity contribution in [3.8, 4) is 23.0 Å². The van der Waals surface area contributed by atoms with Gasteiger partial charge in [0.25, 0.3) is 5.91 Å². The molecule has 2 rings (SSSR count). The van der Waals surface area contributed by atoms with E-state index >= 15 is 0 Å². The van der Waals surface area contributed by atoms with Crippen LogP contribution >= 0.6 is 15.9 Å². The molecule has 0 atom stereocenters. The van der Waals surface area contributed by atoms with Crippen LogP contribution in [0.15, 0.2) is 46.0 Å². The summed E-state index contributed by atoms with van der Waals surface area (Å²) in [6.07, 6.45) is 1.33. The third kappa shape index (κ3) is 6.18. The van der Waals surface area contributed by atoms with Crippen molar-refractivity contribution < 1.29 is 24.1 Å². The molecule has 8 heteroatoms. The van der Waals surface area contributed by atoms with Gasteiger partial charge in [-0.3, -0.25) is 4.79 Å². The molecular weight excluding hydrogens is 416 g/mol. The summed E-state index contributed by atoms with van der Waals surface area (Å²) < 4.78 is 17.0. The number of ether oxygens (including phenoxy) is 3. The van der Waals surface area contributed by atoms with Gasteiger partial charge in [-0.2, -0.15) is 5.10 Å². The van der Waals surface area contributed by atoms with Crippen molar-refractivity contribution in [2.75, 3.05) is 19.8 Å². The van der Waals surface area contributed by atoms with Crippen LogP contribution in [0, 0.1) is 0 Å². The number of phenols is 1. The first-order chi connectivity index (χ1) is 13.0. The Bertz CT molecular complexity index is 811. The highest BCUT2D eigenvalue weighted by Gasteiger charge is 2.10. The Labute approximate surface area is 166 Å². The molecule has 0 heterocycles. The topological polar surface area (TPSA) is 89.4 Å². The van der Waals surface area contributed by atoms with Crippen LogP contribution in [0.2, 0.25) is 0 Å². The van der Waals surface area contributed by atoms with Crippen LogP contribution in [0.4, 0.5) is 0 Å². The summed E-state index contributed by atoms with van der Waals surface area (Å²) in [6.45, 7) is 4.37. The monoisotopic (exact) mass is 436 g/mol. The van der Waals surface area contributed by atoms with E-state index in [2.05, 4.69) is 26.5 Å². The third-order valence-electron chi connectivity index (χ3n) is 3.27. The molecule has 0 bridgehead atoms. The van der Waals surface area contributed by atoms with Gasteiger partial charge in [-0.05, 0) is 38.1 Å². The molecule has 2 aromatic carbocycles. The molecule has 0 aliphatic heterocycles. The summed E-state index contributed by atoms with van der Waals surface area (Å²) in [5, 5.41) is 14.0. The molecule has 0 aliphatic rings. The number of carbonyl (C=O) groups excluding carboxylic acids is 1. The summed E-state index contributed by atoms with van der Waals surface area (Å²) in [5.74, 6) is 0.871. The maximum absolute atomic E-state index is 11.9. The summed E-state index contributed by atoms with van der Waals surface area (Å²) >= 11 is 3.34. The minimum atomic E-state index is -0.447. The standard InChI is InChI=1S/C19H21BrN2O5/c1-3-25-15-7-5-6-8-16(15)27-12-18(23)22-21-11-13-9-14(20)10-17(19(13)24)26-4-2/h5-11,24H,3-4,12H2,1-2H3,(H,22,23). The van der Waals surface area contributed by atoms with Crippen molar-refractivity contribution >= 4 is 28.1 Å². The molecule has 0 saturated carbocycles. The van der Waals surface area contributed by atoms with Crippen LogP contribution in [0.25, 0.3) is 0 Å². The Hall–Kier alpha value is -2.74. The number of hydrogen-bond acceptors (Lipinski definition) is 6. The Morgan fingerprint density at radius 2 is 1.74 bits per heavy atom. The number of aromatic hydroxyl groups is 1. The second kappa shape index (κ2) is 10.4. The van der Waals surface area contributed by atoms with Crippen molar-refractivity contribution in [3.63, 3.8) is 0 Å². The average molecular weight is 437 g/mol. The molecule has 0 fully saturated rings. The van der Waals surface area contributed by atoms with Crippen molar-refractivity contribution in [1.82, 2.24) is 5.43 Å². The molecule has 0 aliphatic carbocycles. The van der Waals surface area contributed by atoms with Crippen molar-refractivity contribution in [1.29, 1.82) is 0 Å². The molecule has 7 nitrogen and oxygen atoms in total. The molecule has 144 valence electrons. The van der Waals surface area contributed by atoms with Crippen LogP contribution in [0.5, 0.6) is 23.0 Å². The summed E-state index contributed by atoms with van der Waals surface area (Å²) in [6, 6.07) is 10.4. The van der Waals surface area contributed by atoms with E-state index in [0.717, 1.165) is 0 Å². The van der Waals surface area contributed by atoms with E-state index in [0.29, 0.717) is 40.5 Å². The van der Waals surface area contributed by atoms with Gasteiger partial charge in [-0.25, -0.2) is 5.43 Å². The van der Waals surface area contributed by atoms with Crippen molar-refractivity contribution in [2.45, 2.75) is 13.8 Å². The number of hydrazone groups is 1. The van der Waals surface area contributed by atoms with Crippen molar-refractivity contribution in [3.05, 3.63) is 46.4 Å². The number of amides is 1. The van der Waals surface area contributed by atoms with Gasteiger partial charge in [0.15, 0.2) is 29.6 Å². The predicted octanol–water partition coefficient (Wildman–Crippen LogP) is 3.48. The molecule has 2 aromatic rings. The van der Waals surface area contributed by atoms with E-state index in [-0.39, 0.29) is 12.4 Å². The average Bonchev–Trinajstić information content (AvgIpc) is 2.65. The lowest BCUT2D eigenvalue weighted by Gasteiger charge is -2.10. The maximum Gasteiger partial charge on any atom is 0.277 e. The van der Waals surface area contributed by atoms with Gasteiger partial charge in [0.2, 0.25) is 0 Å². The van der Waals surface area contributed by atoms with Gasteiger partial charge in [0.05, 0.1) is 19.4 Å². The Balaban J connectivity index is 1.94. The third-order valence-corrected chi connectivity index (χ3v) is 3.73. The molecule has 2 N–H and O–H groups in total. The van der Waals surface area contributed by atoms with E-state index in [1.807, 2.05) is 19.9 Å². The maximum atomic E-state index is 11.9. The van der Waals surface area contributed by atoms with E-state index in [1.165, 1.54) is 6.21 Å². The minimum Gasteiger partial charge on any atom is -0.504 e. The largest absolute Gasteiger partial charge is 0.504 e. The SMILES string of the molecule is CCOc1ccccc1OCC(=O)NN=Cc1cc(Br)cc(OCC)c1O. The molecule has 0 spiro atoms. The first-order valence-electron chi connectivity index (χ1n) is 8.37. The van der Waals surface area contributed by atoms with Crippen LogP contribution < -0.4 is 19.6 Å². The second-order valence-corrected chi connectivity index (χ2v) is 6.15. The number of hydrogen-bond donors (Lipinski definition) is 2. The molecule has 0 aromatic heterocycles. The molecule has 0 unspecified atom stereocenters. The van der Waals surface area contributed by atoms with E-state index in [1.54, 1.807) is 30.3 Å². The highest BCUT2D eigenvalue weighted by atomic mass is 79.9. The van der Waals surface area contributed by atoms with Crippen LogP contribution in [0.3, 0.4) is 0 Å². The quantitative estimate of drug-likeness (QED) is 0.463. The van der Waals surface area contributed by atoms with E-state index in [9.17, 15) is 9.90 Å². The lowest BCUT2D eigenvalue weighted by molar-refractivity contribution is -0.123. The highest BCUT2D eigenvalue weighted by Crippen LogP contribution is 2.32. The Morgan fingerprint density at radius 3 is 2.41 bits per heavy atom. The predicted molar refractivity (Wildman–Crippen MR) is 106 cm³/mol. The zero-order chi connectivity index (χ0) is 19.6. The van der Waals surface area contributed by atoms with Gasteiger partial charge < -0.3 is 19.3 Å². The molecular formula is C19H21BrN2O5. The number of carbonyl (C=O) groups is 1. The van der Waals surface area contributed by atoms with Gasteiger partial charge in [0, 0.05) is 10.0 Å². The smallest absolute Gasteiger partial charge is 0.277 e. The lowest BCUT2D eigenvalue weighted by Crippen LogP contribution is -2.24. The molecule has 0 radical (unpaired) electrons. The fourth-order valence-corrected chi connectivity index (χ4v) is 2.61. The van der Waals surface area contributed by atoms with Crippen molar-refractivity contribution in [2.24, 2.45) is 5.10 Å². The van der Waals surface area contributed by atoms with Crippen LogP contribution in [0.1, 0.15) is 19.4 Å². The van der Waals surface area contributed by atoms with Crippen LogP contribution in [-0.4, -0.2) is 37.0 Å². The van der Waals surface area contributed by atoms with Gasteiger partial charge in [-0.1, -0.05) is 28.1 Å². The second-order valence-electron chi connectivity index (χ2n) is 5.24. The summed E-state index contributed by atoms with van der Waals surface area (Å²) in [5.41, 5.74) is 2.75. The number of nitrogens with zero attached hydrogens (tertiary/aromatic N) is 1. The van der Waals surface area contributed by atoms with E-state index in [4.69, 9.17) is 14.2 Å². The fraction of sp³-hybridized carbons (Fsp3) is 0.263. The van der Waals surface area contributed by atoms with Crippen LogP contribution in [-0.2, 0) is 4.79 Å². The number of para-hydroxylation sites is 2. The number of halogens is 1. The number of rotatable bonds is 9. The highest BCUT2D eigenvalue weighted by molar-refractivity contribution is 9.10. The Kier molecular flexibility index (Phi) is 7.94. The normalized spacial score (nSPS) is 10.6. The van der Waals surface area contributed by atoms with Gasteiger partial charge in [-0.15, -0.1) is 0 Å². The molecule has 0 saturated heterocycles. The number of nitrogens with one attached hydrogen (secondary N) is 1. The van der Waals surface area contributed by atoms with Gasteiger partial charge >= 0.3 is 0 Å². The minimum absolute atomic E-state index is 0.0556. The first kappa shape index (κ1) is 20.6. The van der Waals surface area contributed by atoms with Gasteiger partial charge in [0.1, 0.15) is 0 Å².